The van der Waals surface area contributed by atoms with Gasteiger partial charge in [0.05, 0.1) is 5.69 Å². The minimum Gasteiger partial charge on any atom is -0.396 e. The molecule has 5 N–H and O–H groups in total. The number of hydrogen-bond donors (Lipinski definition) is 3. The van der Waals surface area contributed by atoms with Gasteiger partial charge in [0.1, 0.15) is 21.5 Å². The molecule has 17 heavy (non-hydrogen) atoms. The SMILES string of the molecule is CCC1CC1Nc1sc(C(N)=O)c(N)c1C#N. The van der Waals surface area contributed by atoms with E-state index >= 15 is 0 Å². The summed E-state index contributed by atoms with van der Waals surface area (Å²) in [6.07, 6.45) is 2.22. The number of nitrogens with zero attached hydrogens (tertiary/aromatic N) is 1. The molecule has 1 saturated carbocycles. The highest BCUT2D eigenvalue weighted by Gasteiger charge is 2.36. The van der Waals surface area contributed by atoms with Gasteiger partial charge in [0.2, 0.25) is 0 Å². The second-order valence-corrected chi connectivity index (χ2v) is 5.20. The van der Waals surface area contributed by atoms with E-state index in [0.29, 0.717) is 22.5 Å². The van der Waals surface area contributed by atoms with Gasteiger partial charge in [-0.15, -0.1) is 11.3 Å². The van der Waals surface area contributed by atoms with Crippen LogP contribution in [0.4, 0.5) is 10.7 Å². The number of nitriles is 1. The Labute approximate surface area is 103 Å². The number of carbonyl (C=O) groups is 1. The number of anilines is 2. The Hall–Kier alpha value is -1.74. The molecular weight excluding hydrogens is 236 g/mol. The second kappa shape index (κ2) is 4.26. The van der Waals surface area contributed by atoms with Crippen molar-refractivity contribution < 1.29 is 4.79 Å². The third kappa shape index (κ3) is 2.06. The van der Waals surface area contributed by atoms with Crippen molar-refractivity contribution in [1.29, 1.82) is 5.26 Å². The molecule has 6 heteroatoms. The van der Waals surface area contributed by atoms with Gasteiger partial charge in [0.15, 0.2) is 0 Å². The number of nitrogens with two attached hydrogens (primary N) is 2. The summed E-state index contributed by atoms with van der Waals surface area (Å²) in [6.45, 7) is 2.13. The Balaban J connectivity index is 2.25. The molecule has 0 bridgehead atoms. The van der Waals surface area contributed by atoms with Crippen LogP contribution < -0.4 is 16.8 Å². The molecule has 0 aliphatic heterocycles. The van der Waals surface area contributed by atoms with Crippen molar-refractivity contribution in [2.75, 3.05) is 11.1 Å². The molecule has 0 saturated heterocycles. The number of nitrogen functional groups attached to an aromatic ring is 1. The number of amides is 1. The number of primary amides is 1. The van der Waals surface area contributed by atoms with Crippen LogP contribution >= 0.6 is 11.3 Å². The molecule has 1 fully saturated rings. The van der Waals surface area contributed by atoms with E-state index in [0.717, 1.165) is 12.8 Å². The maximum atomic E-state index is 11.1. The molecule has 5 nitrogen and oxygen atoms in total. The van der Waals surface area contributed by atoms with Crippen LogP contribution in [0.2, 0.25) is 0 Å². The van der Waals surface area contributed by atoms with Gasteiger partial charge < -0.3 is 16.8 Å². The van der Waals surface area contributed by atoms with Crippen LogP contribution in [0.25, 0.3) is 0 Å². The maximum absolute atomic E-state index is 11.1. The van der Waals surface area contributed by atoms with E-state index in [9.17, 15) is 4.79 Å². The van der Waals surface area contributed by atoms with E-state index in [1.165, 1.54) is 11.3 Å². The number of hydrogen-bond acceptors (Lipinski definition) is 5. The van der Waals surface area contributed by atoms with Gasteiger partial charge in [0, 0.05) is 6.04 Å². The molecule has 0 radical (unpaired) electrons. The van der Waals surface area contributed by atoms with E-state index in [1.54, 1.807) is 0 Å². The minimum atomic E-state index is -0.583. The van der Waals surface area contributed by atoms with Crippen LogP contribution in [0.15, 0.2) is 0 Å². The fraction of sp³-hybridized carbons (Fsp3) is 0.455. The maximum Gasteiger partial charge on any atom is 0.261 e. The van der Waals surface area contributed by atoms with Crippen LogP contribution in [-0.2, 0) is 0 Å². The molecule has 1 aromatic rings. The zero-order valence-electron chi connectivity index (χ0n) is 9.49. The van der Waals surface area contributed by atoms with Crippen molar-refractivity contribution in [2.45, 2.75) is 25.8 Å². The standard InChI is InChI=1S/C11H14N4OS/c1-2-5-3-7(5)15-11-6(4-12)8(13)9(17-11)10(14)16/h5,7,15H,2-3,13H2,1H3,(H2,14,16). The molecule has 1 aliphatic rings. The van der Waals surface area contributed by atoms with Crippen molar-refractivity contribution >= 4 is 27.9 Å². The third-order valence-electron chi connectivity index (χ3n) is 3.04. The summed E-state index contributed by atoms with van der Waals surface area (Å²) in [5.74, 6) is 0.0711. The Morgan fingerprint density at radius 1 is 1.71 bits per heavy atom. The predicted octanol–water partition coefficient (Wildman–Crippen LogP) is 1.51. The average Bonchev–Trinajstić information content (AvgIpc) is 2.95. The van der Waals surface area contributed by atoms with Crippen molar-refractivity contribution in [3.63, 3.8) is 0 Å². The zero-order chi connectivity index (χ0) is 12.6. The van der Waals surface area contributed by atoms with Crippen molar-refractivity contribution in [1.82, 2.24) is 0 Å². The van der Waals surface area contributed by atoms with Crippen LogP contribution in [0.3, 0.4) is 0 Å². The predicted molar refractivity (Wildman–Crippen MR) is 67.8 cm³/mol. The Kier molecular flexibility index (Phi) is 2.94. The average molecular weight is 250 g/mol. The van der Waals surface area contributed by atoms with Crippen LogP contribution in [-0.4, -0.2) is 11.9 Å². The summed E-state index contributed by atoms with van der Waals surface area (Å²) in [4.78, 5) is 11.4. The molecule has 2 unspecified atom stereocenters. The molecule has 2 atom stereocenters. The summed E-state index contributed by atoms with van der Waals surface area (Å²) in [5, 5.41) is 13.0. The van der Waals surface area contributed by atoms with E-state index < -0.39 is 5.91 Å². The Morgan fingerprint density at radius 3 is 2.88 bits per heavy atom. The summed E-state index contributed by atoms with van der Waals surface area (Å²) in [5.41, 5.74) is 11.5. The fourth-order valence-electron chi connectivity index (χ4n) is 1.88. The minimum absolute atomic E-state index is 0.196. The first kappa shape index (κ1) is 11.7. The Morgan fingerprint density at radius 2 is 2.41 bits per heavy atom. The van der Waals surface area contributed by atoms with Crippen molar-refractivity contribution in [2.24, 2.45) is 11.7 Å². The molecule has 1 amide bonds. The monoisotopic (exact) mass is 250 g/mol. The lowest BCUT2D eigenvalue weighted by Crippen LogP contribution is -2.10. The topological polar surface area (TPSA) is 105 Å². The second-order valence-electron chi connectivity index (χ2n) is 4.18. The van der Waals surface area contributed by atoms with Gasteiger partial charge in [0.25, 0.3) is 5.91 Å². The van der Waals surface area contributed by atoms with E-state index in [1.807, 2.05) is 6.07 Å². The van der Waals surface area contributed by atoms with Gasteiger partial charge in [-0.25, -0.2) is 0 Å². The first-order valence-corrected chi connectivity index (χ1v) is 6.28. The van der Waals surface area contributed by atoms with E-state index in [4.69, 9.17) is 16.7 Å². The first-order valence-electron chi connectivity index (χ1n) is 5.47. The molecular formula is C11H14N4OS. The quantitative estimate of drug-likeness (QED) is 0.753. The molecule has 1 aromatic heterocycles. The van der Waals surface area contributed by atoms with E-state index in [2.05, 4.69) is 12.2 Å². The molecule has 1 heterocycles. The summed E-state index contributed by atoms with van der Waals surface area (Å²) in [7, 11) is 0. The van der Waals surface area contributed by atoms with Gasteiger partial charge in [-0.3, -0.25) is 4.79 Å². The van der Waals surface area contributed by atoms with Crippen LogP contribution in [0.1, 0.15) is 35.0 Å². The fourth-order valence-corrected chi connectivity index (χ4v) is 2.87. The van der Waals surface area contributed by atoms with Crippen molar-refractivity contribution in [3.8, 4) is 6.07 Å². The lowest BCUT2D eigenvalue weighted by Gasteiger charge is -2.02. The molecule has 90 valence electrons. The van der Waals surface area contributed by atoms with Crippen LogP contribution in [0, 0.1) is 17.2 Å². The van der Waals surface area contributed by atoms with E-state index in [-0.39, 0.29) is 10.6 Å². The van der Waals surface area contributed by atoms with Crippen LogP contribution in [0.5, 0.6) is 0 Å². The number of carbonyl (C=O) groups excluding carboxylic acids is 1. The summed E-state index contributed by atoms with van der Waals surface area (Å²) < 4.78 is 0. The smallest absolute Gasteiger partial charge is 0.261 e. The lowest BCUT2D eigenvalue weighted by molar-refractivity contribution is 0.100. The first-order chi connectivity index (χ1) is 8.08. The largest absolute Gasteiger partial charge is 0.396 e. The highest BCUT2D eigenvalue weighted by Crippen LogP contribution is 2.41. The van der Waals surface area contributed by atoms with Gasteiger partial charge >= 0.3 is 0 Å². The molecule has 0 spiro atoms. The number of thiophene rings is 1. The molecule has 0 aromatic carbocycles. The highest BCUT2D eigenvalue weighted by atomic mass is 32.1. The summed E-state index contributed by atoms with van der Waals surface area (Å²) >= 11 is 1.17. The van der Waals surface area contributed by atoms with Gasteiger partial charge in [-0.2, -0.15) is 5.26 Å². The lowest BCUT2D eigenvalue weighted by atomic mass is 10.2. The highest BCUT2D eigenvalue weighted by molar-refractivity contribution is 7.18. The third-order valence-corrected chi connectivity index (χ3v) is 4.20. The molecule has 1 aliphatic carbocycles. The van der Waals surface area contributed by atoms with Crippen molar-refractivity contribution in [3.05, 3.63) is 10.4 Å². The summed E-state index contributed by atoms with van der Waals surface area (Å²) in [6, 6.07) is 2.41. The number of nitrogens with one attached hydrogen (secondary N) is 1. The Bertz CT molecular complexity index is 502. The van der Waals surface area contributed by atoms with Gasteiger partial charge in [-0.05, 0) is 12.3 Å². The molecule has 2 rings (SSSR count). The normalized spacial score (nSPS) is 21.9. The van der Waals surface area contributed by atoms with Gasteiger partial charge in [-0.1, -0.05) is 13.3 Å². The number of rotatable bonds is 4. The zero-order valence-corrected chi connectivity index (χ0v) is 10.3.